The highest BCUT2D eigenvalue weighted by atomic mass is 16.1. The molecule has 2 rings (SSSR count). The maximum Gasteiger partial charge on any atom is 0.254 e. The summed E-state index contributed by atoms with van der Waals surface area (Å²) < 4.78 is 0. The van der Waals surface area contributed by atoms with E-state index in [1.54, 1.807) is 12.4 Å². The van der Waals surface area contributed by atoms with Gasteiger partial charge < -0.3 is 10.6 Å². The third-order valence-corrected chi connectivity index (χ3v) is 3.89. The van der Waals surface area contributed by atoms with Crippen LogP contribution in [0, 0.1) is 20.8 Å². The number of benzene rings is 1. The molecule has 0 bridgehead atoms. The maximum absolute atomic E-state index is 12.0. The number of unbranched alkanes of at least 4 members (excludes halogenated alkanes) is 2. The van der Waals surface area contributed by atoms with Crippen LogP contribution >= 0.6 is 0 Å². The molecule has 1 aromatic heterocycles. The average Bonchev–Trinajstić information content (AvgIpc) is 2.55. The Labute approximate surface area is 143 Å². The fourth-order valence-electron chi connectivity index (χ4n) is 2.68. The Bertz CT molecular complexity index is 672. The highest BCUT2D eigenvalue weighted by Crippen LogP contribution is 2.24. The van der Waals surface area contributed by atoms with Crippen molar-refractivity contribution < 1.29 is 4.79 Å². The van der Waals surface area contributed by atoms with Crippen LogP contribution in [0.15, 0.2) is 24.5 Å². The standard InChI is InChI=1S/C19H26N4O/c1-5-6-7-8-20-18(24)16-11-21-19(22-12-16)23-17-14(3)9-13(2)10-15(17)4/h9-12H,5-8H2,1-4H3,(H,20,24)(H,21,22,23). The first-order valence-electron chi connectivity index (χ1n) is 8.46. The van der Waals surface area contributed by atoms with E-state index in [0.29, 0.717) is 18.1 Å². The van der Waals surface area contributed by atoms with E-state index < -0.39 is 0 Å². The number of rotatable bonds is 7. The number of amides is 1. The summed E-state index contributed by atoms with van der Waals surface area (Å²) in [6, 6.07) is 4.24. The predicted octanol–water partition coefficient (Wildman–Crippen LogP) is 4.07. The number of hydrogen-bond acceptors (Lipinski definition) is 4. The summed E-state index contributed by atoms with van der Waals surface area (Å²) in [5, 5.41) is 6.13. The zero-order valence-corrected chi connectivity index (χ0v) is 14.9. The zero-order chi connectivity index (χ0) is 17.5. The molecule has 0 aliphatic heterocycles. The summed E-state index contributed by atoms with van der Waals surface area (Å²) in [6.07, 6.45) is 6.37. The van der Waals surface area contributed by atoms with Gasteiger partial charge in [-0.2, -0.15) is 0 Å². The minimum absolute atomic E-state index is 0.125. The van der Waals surface area contributed by atoms with E-state index in [0.717, 1.165) is 36.1 Å². The Morgan fingerprint density at radius 1 is 1.04 bits per heavy atom. The van der Waals surface area contributed by atoms with Crippen LogP contribution in [-0.4, -0.2) is 22.4 Å². The fraction of sp³-hybridized carbons (Fsp3) is 0.421. The summed E-state index contributed by atoms with van der Waals surface area (Å²) in [7, 11) is 0. The first kappa shape index (κ1) is 17.9. The number of nitrogens with zero attached hydrogens (tertiary/aromatic N) is 2. The topological polar surface area (TPSA) is 66.9 Å². The first-order chi connectivity index (χ1) is 11.5. The molecule has 128 valence electrons. The highest BCUT2D eigenvalue weighted by molar-refractivity contribution is 5.93. The number of aromatic nitrogens is 2. The van der Waals surface area contributed by atoms with Gasteiger partial charge in [0, 0.05) is 24.6 Å². The number of carbonyl (C=O) groups excluding carboxylic acids is 1. The second-order valence-corrected chi connectivity index (χ2v) is 6.16. The molecule has 2 N–H and O–H groups in total. The smallest absolute Gasteiger partial charge is 0.254 e. The lowest BCUT2D eigenvalue weighted by Gasteiger charge is -2.12. The quantitative estimate of drug-likeness (QED) is 0.753. The molecule has 0 atom stereocenters. The van der Waals surface area contributed by atoms with E-state index in [4.69, 9.17) is 0 Å². The third kappa shape index (κ3) is 4.78. The SMILES string of the molecule is CCCCCNC(=O)c1cnc(Nc2c(C)cc(C)cc2C)nc1. The zero-order valence-electron chi connectivity index (χ0n) is 14.9. The van der Waals surface area contributed by atoms with Crippen LogP contribution in [0.3, 0.4) is 0 Å². The second kappa shape index (κ2) is 8.43. The van der Waals surface area contributed by atoms with Gasteiger partial charge in [0.15, 0.2) is 0 Å². The van der Waals surface area contributed by atoms with Crippen LogP contribution in [0.4, 0.5) is 11.6 Å². The normalized spacial score (nSPS) is 10.5. The Morgan fingerprint density at radius 3 is 2.25 bits per heavy atom. The molecular formula is C19H26N4O. The van der Waals surface area contributed by atoms with Gasteiger partial charge in [0.2, 0.25) is 5.95 Å². The van der Waals surface area contributed by atoms with Crippen LogP contribution in [-0.2, 0) is 0 Å². The minimum Gasteiger partial charge on any atom is -0.352 e. The van der Waals surface area contributed by atoms with Gasteiger partial charge in [-0.05, 0) is 38.3 Å². The minimum atomic E-state index is -0.125. The number of nitrogens with one attached hydrogen (secondary N) is 2. The van der Waals surface area contributed by atoms with Crippen LogP contribution in [0.1, 0.15) is 53.2 Å². The fourth-order valence-corrected chi connectivity index (χ4v) is 2.68. The second-order valence-electron chi connectivity index (χ2n) is 6.16. The van der Waals surface area contributed by atoms with Crippen molar-refractivity contribution in [2.45, 2.75) is 47.0 Å². The van der Waals surface area contributed by atoms with E-state index in [2.05, 4.69) is 60.4 Å². The molecule has 1 heterocycles. The Kier molecular flexibility index (Phi) is 6.29. The van der Waals surface area contributed by atoms with Crippen LogP contribution in [0.2, 0.25) is 0 Å². The van der Waals surface area contributed by atoms with Crippen LogP contribution < -0.4 is 10.6 Å². The van der Waals surface area contributed by atoms with Gasteiger partial charge in [-0.15, -0.1) is 0 Å². The number of aryl methyl sites for hydroxylation is 3. The molecule has 0 unspecified atom stereocenters. The Hall–Kier alpha value is -2.43. The molecule has 0 aliphatic carbocycles. The largest absolute Gasteiger partial charge is 0.352 e. The molecule has 5 nitrogen and oxygen atoms in total. The van der Waals surface area contributed by atoms with E-state index >= 15 is 0 Å². The van der Waals surface area contributed by atoms with Crippen molar-refractivity contribution in [2.75, 3.05) is 11.9 Å². The summed E-state index contributed by atoms with van der Waals surface area (Å²) in [5.41, 5.74) is 5.01. The Balaban J connectivity index is 2.01. The molecule has 0 spiro atoms. The molecule has 1 amide bonds. The lowest BCUT2D eigenvalue weighted by atomic mass is 10.1. The summed E-state index contributed by atoms with van der Waals surface area (Å²) in [5.74, 6) is 0.368. The van der Waals surface area contributed by atoms with Gasteiger partial charge in [-0.25, -0.2) is 9.97 Å². The van der Waals surface area contributed by atoms with Gasteiger partial charge in [0.25, 0.3) is 5.91 Å². The van der Waals surface area contributed by atoms with Gasteiger partial charge in [-0.3, -0.25) is 4.79 Å². The highest BCUT2D eigenvalue weighted by Gasteiger charge is 2.09. The molecule has 0 fully saturated rings. The molecule has 1 aromatic carbocycles. The molecule has 0 radical (unpaired) electrons. The van der Waals surface area contributed by atoms with Crippen molar-refractivity contribution in [3.05, 3.63) is 46.8 Å². The van der Waals surface area contributed by atoms with E-state index in [1.165, 1.54) is 5.56 Å². The third-order valence-electron chi connectivity index (χ3n) is 3.89. The summed E-state index contributed by atoms with van der Waals surface area (Å²) in [4.78, 5) is 20.5. The predicted molar refractivity (Wildman–Crippen MR) is 97.8 cm³/mol. The molecule has 0 saturated heterocycles. The lowest BCUT2D eigenvalue weighted by Crippen LogP contribution is -2.24. The van der Waals surface area contributed by atoms with E-state index in [9.17, 15) is 4.79 Å². The van der Waals surface area contributed by atoms with Crippen molar-refractivity contribution in [1.82, 2.24) is 15.3 Å². The molecule has 2 aromatic rings. The summed E-state index contributed by atoms with van der Waals surface area (Å²) >= 11 is 0. The van der Waals surface area contributed by atoms with Gasteiger partial charge in [0.05, 0.1) is 5.56 Å². The number of anilines is 2. The molecule has 5 heteroatoms. The first-order valence-corrected chi connectivity index (χ1v) is 8.46. The summed E-state index contributed by atoms with van der Waals surface area (Å²) in [6.45, 7) is 9.02. The van der Waals surface area contributed by atoms with E-state index in [1.807, 2.05) is 0 Å². The van der Waals surface area contributed by atoms with Crippen molar-refractivity contribution in [1.29, 1.82) is 0 Å². The molecule has 24 heavy (non-hydrogen) atoms. The van der Waals surface area contributed by atoms with Crippen LogP contribution in [0.25, 0.3) is 0 Å². The lowest BCUT2D eigenvalue weighted by molar-refractivity contribution is 0.0952. The van der Waals surface area contributed by atoms with Crippen LogP contribution in [0.5, 0.6) is 0 Å². The van der Waals surface area contributed by atoms with Crippen molar-refractivity contribution >= 4 is 17.5 Å². The van der Waals surface area contributed by atoms with Gasteiger partial charge in [0.1, 0.15) is 0 Å². The number of carbonyl (C=O) groups is 1. The number of hydrogen-bond donors (Lipinski definition) is 2. The van der Waals surface area contributed by atoms with Crippen molar-refractivity contribution in [3.8, 4) is 0 Å². The van der Waals surface area contributed by atoms with Gasteiger partial charge >= 0.3 is 0 Å². The monoisotopic (exact) mass is 326 g/mol. The van der Waals surface area contributed by atoms with E-state index in [-0.39, 0.29) is 5.91 Å². The van der Waals surface area contributed by atoms with Crippen molar-refractivity contribution in [3.63, 3.8) is 0 Å². The molecule has 0 saturated carbocycles. The molecule has 0 aliphatic rings. The average molecular weight is 326 g/mol. The van der Waals surface area contributed by atoms with Crippen molar-refractivity contribution in [2.24, 2.45) is 0 Å². The van der Waals surface area contributed by atoms with Gasteiger partial charge in [-0.1, -0.05) is 37.5 Å². The maximum atomic E-state index is 12.0. The Morgan fingerprint density at radius 2 is 1.67 bits per heavy atom. The molecular weight excluding hydrogens is 300 g/mol.